The minimum Gasteiger partial charge on any atom is -0.484 e. The number of rotatable bonds is 7. The molecule has 2 atom stereocenters. The topological polar surface area (TPSA) is 80.3 Å². The van der Waals surface area contributed by atoms with Crippen molar-refractivity contribution >= 4 is 5.91 Å². The number of carbonyl (C=O) groups is 1. The summed E-state index contributed by atoms with van der Waals surface area (Å²) in [6.07, 6.45) is 2.24. The van der Waals surface area contributed by atoms with Gasteiger partial charge in [-0.1, -0.05) is 12.1 Å². The molecule has 4 rings (SSSR count). The van der Waals surface area contributed by atoms with Crippen LogP contribution in [0.4, 0.5) is 0 Å². The Balaban J connectivity index is 1.32. The summed E-state index contributed by atoms with van der Waals surface area (Å²) in [5.74, 6) is 0.833. The zero-order valence-corrected chi connectivity index (χ0v) is 19.9. The quantitative estimate of drug-likeness (QED) is 0.670. The molecule has 178 valence electrons. The van der Waals surface area contributed by atoms with Crippen molar-refractivity contribution in [2.24, 2.45) is 0 Å². The second-order valence-electron chi connectivity index (χ2n) is 9.53. The summed E-state index contributed by atoms with van der Waals surface area (Å²) in [6, 6.07) is 12.1. The molecule has 0 fully saturated rings. The van der Waals surface area contributed by atoms with Crippen molar-refractivity contribution in [1.82, 2.24) is 10.2 Å². The first-order chi connectivity index (χ1) is 15.7. The highest BCUT2D eigenvalue weighted by molar-refractivity contribution is 5.77. The number of fused-ring (bicyclic) bond motifs is 2. The summed E-state index contributed by atoms with van der Waals surface area (Å²) in [4.78, 5) is 13.3. The van der Waals surface area contributed by atoms with Crippen LogP contribution in [0.5, 0.6) is 11.5 Å². The van der Waals surface area contributed by atoms with Gasteiger partial charge in [0, 0.05) is 46.1 Å². The molecule has 2 aromatic carbocycles. The number of hydrogen-bond donors (Lipinski definition) is 2. The Hall–Kier alpha value is -2.61. The van der Waals surface area contributed by atoms with Crippen molar-refractivity contribution in [3.63, 3.8) is 0 Å². The van der Waals surface area contributed by atoms with E-state index in [2.05, 4.69) is 11.4 Å². The fourth-order valence-electron chi connectivity index (χ4n) is 4.23. The van der Waals surface area contributed by atoms with Crippen LogP contribution in [0, 0.1) is 0 Å². The number of aryl methyl sites for hydroxylation is 1. The van der Waals surface area contributed by atoms with Gasteiger partial charge in [-0.2, -0.15) is 0 Å². The van der Waals surface area contributed by atoms with Crippen LogP contribution < -0.4 is 14.8 Å². The van der Waals surface area contributed by atoms with Crippen LogP contribution in [0.3, 0.4) is 0 Å². The number of aliphatic hydroxyl groups excluding tert-OH is 1. The number of aliphatic hydroxyl groups is 1. The van der Waals surface area contributed by atoms with E-state index in [9.17, 15) is 9.90 Å². The Labute approximate surface area is 195 Å². The number of nitrogens with one attached hydrogen (secondary N) is 1. The van der Waals surface area contributed by atoms with Gasteiger partial charge >= 0.3 is 0 Å². The Morgan fingerprint density at radius 3 is 2.82 bits per heavy atom. The minimum absolute atomic E-state index is 0.0357. The number of amides is 1. The number of benzene rings is 2. The third kappa shape index (κ3) is 5.85. The molecular weight excluding hydrogens is 420 g/mol. The summed E-state index contributed by atoms with van der Waals surface area (Å²) >= 11 is 0. The molecule has 1 unspecified atom stereocenters. The first-order valence-corrected chi connectivity index (χ1v) is 11.5. The lowest BCUT2D eigenvalue weighted by atomic mass is 9.88. The molecule has 0 radical (unpaired) electrons. The van der Waals surface area contributed by atoms with Crippen molar-refractivity contribution in [1.29, 1.82) is 0 Å². The molecule has 0 spiro atoms. The van der Waals surface area contributed by atoms with Crippen LogP contribution in [0.1, 0.15) is 48.6 Å². The summed E-state index contributed by atoms with van der Waals surface area (Å²) in [7, 11) is 3.44. The van der Waals surface area contributed by atoms with E-state index < -0.39 is 11.9 Å². The van der Waals surface area contributed by atoms with Gasteiger partial charge in [0.2, 0.25) is 5.79 Å². The smallest absolute Gasteiger partial charge is 0.259 e. The SMILES string of the molecule is CN(C)C(=O)COc1ccc2c(c1)C[C@@H](NCC(O)c1ccc3c(c1)COC(C)(C)O3)CC2. The van der Waals surface area contributed by atoms with Crippen molar-refractivity contribution in [2.45, 2.75) is 57.6 Å². The molecule has 1 amide bonds. The maximum atomic E-state index is 11.8. The summed E-state index contributed by atoms with van der Waals surface area (Å²) in [5, 5.41) is 14.3. The number of nitrogens with zero attached hydrogens (tertiary/aromatic N) is 1. The Morgan fingerprint density at radius 1 is 1.21 bits per heavy atom. The van der Waals surface area contributed by atoms with E-state index >= 15 is 0 Å². The average molecular weight is 455 g/mol. The molecule has 7 heteroatoms. The van der Waals surface area contributed by atoms with Gasteiger partial charge in [0.1, 0.15) is 11.5 Å². The number of hydrogen-bond acceptors (Lipinski definition) is 6. The first kappa shape index (κ1) is 23.5. The molecule has 0 bridgehead atoms. The Morgan fingerprint density at radius 2 is 2.03 bits per heavy atom. The van der Waals surface area contributed by atoms with Crippen LogP contribution in [0.2, 0.25) is 0 Å². The lowest BCUT2D eigenvalue weighted by molar-refractivity contribution is -0.180. The van der Waals surface area contributed by atoms with Gasteiger partial charge in [0.05, 0.1) is 12.7 Å². The summed E-state index contributed by atoms with van der Waals surface area (Å²) in [6.45, 7) is 4.76. The van der Waals surface area contributed by atoms with Gasteiger partial charge in [-0.25, -0.2) is 0 Å². The lowest BCUT2D eigenvalue weighted by Crippen LogP contribution is -2.37. The number of likely N-dealkylation sites (N-methyl/N-ethyl adjacent to an activating group) is 1. The van der Waals surface area contributed by atoms with Gasteiger partial charge < -0.3 is 29.5 Å². The maximum absolute atomic E-state index is 11.8. The molecule has 0 saturated heterocycles. The van der Waals surface area contributed by atoms with Crippen LogP contribution in [0.25, 0.3) is 0 Å². The predicted molar refractivity (Wildman–Crippen MR) is 125 cm³/mol. The number of carbonyl (C=O) groups excluding carboxylic acids is 1. The van der Waals surface area contributed by atoms with Crippen LogP contribution in [0.15, 0.2) is 36.4 Å². The van der Waals surface area contributed by atoms with Crippen molar-refractivity contribution < 1.29 is 24.1 Å². The molecule has 0 saturated carbocycles. The number of ether oxygens (including phenoxy) is 3. The standard InChI is InChI=1S/C26H34N2O5/c1-26(2)32-15-20-11-18(7-10-24(20)33-26)23(29)14-27-21-8-5-17-6-9-22(13-19(17)12-21)31-16-25(30)28(3)4/h6-7,9-11,13,21,23,27,29H,5,8,12,14-16H2,1-4H3/t21-,23?/m0/s1. The third-order valence-corrected chi connectivity index (χ3v) is 6.27. The van der Waals surface area contributed by atoms with E-state index in [1.54, 1.807) is 14.1 Å². The van der Waals surface area contributed by atoms with Gasteiger partial charge in [-0.05, 0) is 60.2 Å². The third-order valence-electron chi connectivity index (χ3n) is 6.27. The molecule has 0 aromatic heterocycles. The van der Waals surface area contributed by atoms with E-state index in [-0.39, 0.29) is 18.6 Å². The molecule has 1 aliphatic carbocycles. The van der Waals surface area contributed by atoms with Gasteiger partial charge in [-0.3, -0.25) is 4.79 Å². The molecule has 2 aliphatic rings. The van der Waals surface area contributed by atoms with E-state index in [0.717, 1.165) is 36.1 Å². The largest absolute Gasteiger partial charge is 0.484 e. The lowest BCUT2D eigenvalue weighted by Gasteiger charge is -2.33. The molecular formula is C26H34N2O5. The van der Waals surface area contributed by atoms with Gasteiger partial charge in [-0.15, -0.1) is 0 Å². The van der Waals surface area contributed by atoms with Gasteiger partial charge in [0.25, 0.3) is 5.91 Å². The second kappa shape index (κ2) is 9.71. The summed E-state index contributed by atoms with van der Waals surface area (Å²) in [5.41, 5.74) is 4.36. The second-order valence-corrected chi connectivity index (χ2v) is 9.53. The first-order valence-electron chi connectivity index (χ1n) is 11.5. The molecule has 33 heavy (non-hydrogen) atoms. The van der Waals surface area contributed by atoms with E-state index in [4.69, 9.17) is 14.2 Å². The fraction of sp³-hybridized carbons (Fsp3) is 0.500. The Kier molecular flexibility index (Phi) is 6.93. The highest BCUT2D eigenvalue weighted by atomic mass is 16.7. The normalized spacial score (nSPS) is 19.6. The summed E-state index contributed by atoms with van der Waals surface area (Å²) < 4.78 is 17.2. The molecule has 1 aliphatic heterocycles. The van der Waals surface area contributed by atoms with E-state index in [0.29, 0.717) is 18.9 Å². The molecule has 2 N–H and O–H groups in total. The van der Waals surface area contributed by atoms with Crippen LogP contribution in [-0.2, 0) is 29.0 Å². The zero-order chi connectivity index (χ0) is 23.6. The van der Waals surface area contributed by atoms with E-state index in [1.165, 1.54) is 16.0 Å². The van der Waals surface area contributed by atoms with Crippen molar-refractivity contribution in [3.05, 3.63) is 58.7 Å². The highest BCUT2D eigenvalue weighted by Crippen LogP contribution is 2.33. The zero-order valence-electron chi connectivity index (χ0n) is 19.9. The predicted octanol–water partition coefficient (Wildman–Crippen LogP) is 2.98. The van der Waals surface area contributed by atoms with Crippen molar-refractivity contribution in [3.8, 4) is 11.5 Å². The van der Waals surface area contributed by atoms with Crippen molar-refractivity contribution in [2.75, 3.05) is 27.2 Å². The average Bonchev–Trinajstić information content (AvgIpc) is 2.79. The Bertz CT molecular complexity index is 1000. The monoisotopic (exact) mass is 454 g/mol. The van der Waals surface area contributed by atoms with Crippen LogP contribution >= 0.6 is 0 Å². The minimum atomic E-state index is -0.626. The molecule has 1 heterocycles. The van der Waals surface area contributed by atoms with E-state index in [1.807, 2.05) is 44.2 Å². The van der Waals surface area contributed by atoms with Crippen LogP contribution in [-0.4, -0.2) is 55.0 Å². The maximum Gasteiger partial charge on any atom is 0.259 e. The molecule has 2 aromatic rings. The molecule has 7 nitrogen and oxygen atoms in total. The van der Waals surface area contributed by atoms with Gasteiger partial charge in [0.15, 0.2) is 6.61 Å². The highest BCUT2D eigenvalue weighted by Gasteiger charge is 2.28. The fourth-order valence-corrected chi connectivity index (χ4v) is 4.23.